The summed E-state index contributed by atoms with van der Waals surface area (Å²) in [6, 6.07) is 19.4. The fraction of sp³-hybridized carbons (Fsp3) is 0.360. The number of pyridine rings is 3. The number of ether oxygens (including phenoxy) is 7. The fourth-order valence-electron chi connectivity index (χ4n) is 17.3. The lowest BCUT2D eigenvalue weighted by Crippen LogP contribution is -2.48. The van der Waals surface area contributed by atoms with Crippen molar-refractivity contribution in [1.82, 2.24) is 105 Å². The molecule has 0 radical (unpaired) electrons. The number of hydrogen-bond donors (Lipinski definition) is 3. The molecule has 9 aromatic heterocycles. The summed E-state index contributed by atoms with van der Waals surface area (Å²) in [5, 5.41) is 25.8. The van der Waals surface area contributed by atoms with E-state index in [1.54, 1.807) is 52.8 Å². The van der Waals surface area contributed by atoms with Crippen LogP contribution in [0.5, 0.6) is 58.7 Å². The molecule has 6 aliphatic heterocycles. The maximum absolute atomic E-state index is 14.7. The number of nitrogens with zero attached hydrogens (tertiary/aromatic N) is 21. The van der Waals surface area contributed by atoms with Crippen LogP contribution in [0.15, 0.2) is 136 Å². The number of carbonyl (C=O) groups excluding carboxylic acids is 3. The number of nitrogens with one attached hydrogen (secondary N) is 3. The van der Waals surface area contributed by atoms with Crippen LogP contribution in [-0.4, -0.2) is 280 Å². The summed E-state index contributed by atoms with van der Waals surface area (Å²) in [6.07, 6.45) is 16.9. The Morgan fingerprint density at radius 2 is 0.952 bits per heavy atom. The third kappa shape index (κ3) is 17.1. The smallest absolute Gasteiger partial charge is 0.324 e. The molecule has 15 heterocycles. The number of hydrogen-bond acceptors (Lipinski definition) is 28. The fourth-order valence-corrected chi connectivity index (χ4v) is 17.7. The SMILES string of the molecule is C=CC(=O)N1CCN(c2nc(OC3CN(C)C[C@H]3C3CC3)nc3c(Oc4c(Cl)c(F)cc5[nH]ncc45)nccc23)CC1.C=CC(=O)N1CCN(c2nc(O[C@@H]3CN(C)C[C@H]3OC)nc3c(Oc4c(C)c(Cl)cc5[nH]ncc45)nccc23)CC1.C=CC(=O)N1CCN(c2nc(Oc3cccc4c3CCN(C)C4)nc3c(Oc4c(C)ccc5[nH]ncc45)nccc23)CC1. The maximum atomic E-state index is 14.7. The quantitative estimate of drug-likeness (QED) is 0.0597. The molecule has 1 saturated carbocycles. The number of aryl methyl sites for hydroxylation is 1. The molecule has 5 saturated heterocycles. The average molecular weight is 1750 g/mol. The third-order valence-corrected chi connectivity index (χ3v) is 25.0. The lowest BCUT2D eigenvalue weighted by molar-refractivity contribution is -0.127. The summed E-state index contributed by atoms with van der Waals surface area (Å²) in [7, 11) is 7.92. The summed E-state index contributed by atoms with van der Waals surface area (Å²) in [5.74, 6) is 5.03. The van der Waals surface area contributed by atoms with Crippen molar-refractivity contribution < 1.29 is 51.9 Å². The Balaban J connectivity index is 0.000000128. The lowest BCUT2D eigenvalue weighted by Gasteiger charge is -2.35. The van der Waals surface area contributed by atoms with Gasteiger partial charge in [0.15, 0.2) is 5.75 Å². The minimum absolute atomic E-state index is 0.0425. The van der Waals surface area contributed by atoms with Gasteiger partial charge in [0, 0.05) is 172 Å². The summed E-state index contributed by atoms with van der Waals surface area (Å²) in [5.41, 5.74) is 7.61. The zero-order valence-electron chi connectivity index (χ0n) is 70.4. The molecule has 0 spiro atoms. The molecule has 3 N–H and O–H groups in total. The standard InChI is InChI=1S/C32H32N8O3.C29H30ClFN8O3.C28H31ClN8O4/c1-4-27(41)39-14-16-40(17-15-39)30-23-10-12-33-31(43-29-20(2)8-9-25-24(29)18-34-37-25)28(23)35-32(36-30)42-26-7-5-6-21-19-38(3)13-11-22(21)26;1-3-23(40)38-8-10-39(11-9-38)27-17-6-7-32-28(42-26-18-13-33-36-21(18)12-20(31)24(26)30)25(17)34-29(35-27)41-22-15-37(2)14-19(22)16-4-5-16;1-5-23(38)36-8-10-37(11-9-36)26-17-6-7-30-27(41-25-16(2)19(29)12-20-18(25)13-31-34-20)24(17)32-28(33-26)40-22-15-35(3)14-21(22)39-4/h4-10,12,18H,1,11,13-17,19H2,2-3H3,(H,34,37);3,6-7,12-13,16,19,22H,1,4-5,8-11,14-15H2,2H3,(H,33,36);5-7,12-13,21-22H,1,8-11,14-15H2,2-4H3,(H,31,34)/t;19-,22?;21-,22-/m.01/s1. The molecule has 37 heteroatoms. The van der Waals surface area contributed by atoms with Gasteiger partial charge in [0.05, 0.1) is 67.5 Å². The number of rotatable bonds is 20. The summed E-state index contributed by atoms with van der Waals surface area (Å²) >= 11 is 12.9. The van der Waals surface area contributed by atoms with E-state index in [2.05, 4.69) is 115 Å². The Hall–Kier alpha value is -13.1. The number of fused-ring (bicyclic) bond motifs is 7. The Kier molecular flexibility index (Phi) is 23.9. The van der Waals surface area contributed by atoms with Crippen molar-refractivity contribution >= 4 is 124 Å². The van der Waals surface area contributed by atoms with Gasteiger partial charge in [0.25, 0.3) is 0 Å². The van der Waals surface area contributed by atoms with E-state index in [0.29, 0.717) is 170 Å². The van der Waals surface area contributed by atoms with Gasteiger partial charge in [0.1, 0.15) is 80.4 Å². The molecular weight excluding hydrogens is 1660 g/mol. The molecule has 126 heavy (non-hydrogen) atoms. The molecule has 0 bridgehead atoms. The highest BCUT2D eigenvalue weighted by molar-refractivity contribution is 6.33. The minimum atomic E-state index is -0.647. The van der Waals surface area contributed by atoms with Gasteiger partial charge in [-0.05, 0) is 126 Å². The van der Waals surface area contributed by atoms with E-state index in [9.17, 15) is 18.8 Å². The van der Waals surface area contributed by atoms with Crippen molar-refractivity contribution in [2.45, 2.75) is 58.0 Å². The van der Waals surface area contributed by atoms with Crippen LogP contribution < -0.4 is 43.1 Å². The second-order valence-electron chi connectivity index (χ2n) is 32.4. The predicted octanol–water partition coefficient (Wildman–Crippen LogP) is 11.9. The van der Waals surface area contributed by atoms with Crippen molar-refractivity contribution in [1.29, 1.82) is 0 Å². The number of aromatic amines is 3. The van der Waals surface area contributed by atoms with Crippen LogP contribution in [0.4, 0.5) is 21.8 Å². The molecule has 34 nitrogen and oxygen atoms in total. The Labute approximate surface area is 733 Å². The molecule has 1 aliphatic carbocycles. The van der Waals surface area contributed by atoms with Crippen LogP contribution in [0.2, 0.25) is 10.0 Å². The van der Waals surface area contributed by atoms with Gasteiger partial charge in [-0.3, -0.25) is 34.6 Å². The number of amides is 3. The van der Waals surface area contributed by atoms with Crippen LogP contribution in [0, 0.1) is 31.5 Å². The average Bonchev–Trinajstić information content (AvgIpc) is 1.38. The Morgan fingerprint density at radius 1 is 0.492 bits per heavy atom. The molecule has 4 aromatic carbocycles. The molecule has 650 valence electrons. The van der Waals surface area contributed by atoms with Gasteiger partial charge >= 0.3 is 18.0 Å². The van der Waals surface area contributed by atoms with E-state index in [1.807, 2.05) is 69.4 Å². The highest BCUT2D eigenvalue weighted by atomic mass is 35.5. The van der Waals surface area contributed by atoms with Crippen molar-refractivity contribution in [3.05, 3.63) is 174 Å². The van der Waals surface area contributed by atoms with Crippen LogP contribution in [0.3, 0.4) is 0 Å². The van der Waals surface area contributed by atoms with Crippen molar-refractivity contribution in [2.75, 3.05) is 154 Å². The van der Waals surface area contributed by atoms with Crippen molar-refractivity contribution in [3.8, 4) is 58.7 Å². The van der Waals surface area contributed by atoms with Gasteiger partial charge in [-0.1, -0.05) is 61.1 Å². The molecule has 13 aromatic rings. The topological polar surface area (TPSA) is 347 Å². The first kappa shape index (κ1) is 83.8. The van der Waals surface area contributed by atoms with E-state index < -0.39 is 5.82 Å². The predicted molar refractivity (Wildman–Crippen MR) is 474 cm³/mol. The number of likely N-dealkylation sites (N-methyl/N-ethyl adjacent to an activating group) is 3. The molecule has 20 rings (SSSR count). The van der Waals surface area contributed by atoms with E-state index in [-0.39, 0.29) is 76.6 Å². The second-order valence-corrected chi connectivity index (χ2v) is 33.2. The number of piperazine rings is 3. The van der Waals surface area contributed by atoms with Crippen LogP contribution in [0.1, 0.15) is 35.1 Å². The van der Waals surface area contributed by atoms with Gasteiger partial charge < -0.3 is 72.4 Å². The Bertz CT molecular complexity index is 6370. The van der Waals surface area contributed by atoms with E-state index in [0.717, 1.165) is 88.6 Å². The summed E-state index contributed by atoms with van der Waals surface area (Å²) in [4.78, 5) is 97.9. The maximum Gasteiger partial charge on any atom is 0.324 e. The molecule has 1 unspecified atom stereocenters. The van der Waals surface area contributed by atoms with Crippen molar-refractivity contribution in [2.24, 2.45) is 11.8 Å². The summed E-state index contributed by atoms with van der Waals surface area (Å²) < 4.78 is 58.9. The highest BCUT2D eigenvalue weighted by Gasteiger charge is 2.44. The summed E-state index contributed by atoms with van der Waals surface area (Å²) in [6.45, 7) is 26.5. The third-order valence-electron chi connectivity index (χ3n) is 24.2. The normalized spacial score (nSPS) is 18.8. The molecule has 6 fully saturated rings. The monoisotopic (exact) mass is 1750 g/mol. The molecule has 3 amide bonds. The zero-order chi connectivity index (χ0) is 87.1. The first-order valence-corrected chi connectivity index (χ1v) is 42.6. The van der Waals surface area contributed by atoms with E-state index >= 15 is 0 Å². The highest BCUT2D eigenvalue weighted by Crippen LogP contribution is 2.47. The van der Waals surface area contributed by atoms with E-state index in [1.165, 1.54) is 54.5 Å². The van der Waals surface area contributed by atoms with Gasteiger partial charge in [-0.15, -0.1) is 0 Å². The number of carbonyl (C=O) groups is 3. The number of methoxy groups -OCH3 is 1. The molecule has 4 atom stereocenters. The molecular formula is C89H93Cl2FN24O10. The number of H-pyrrole nitrogens is 3. The first-order valence-electron chi connectivity index (χ1n) is 41.8. The number of benzene rings is 4. The second kappa shape index (κ2) is 35.9. The molecule has 7 aliphatic rings. The van der Waals surface area contributed by atoms with Crippen LogP contribution >= 0.6 is 23.2 Å². The largest absolute Gasteiger partial charge is 0.458 e. The van der Waals surface area contributed by atoms with Crippen molar-refractivity contribution in [3.63, 3.8) is 0 Å². The minimum Gasteiger partial charge on any atom is -0.458 e. The number of anilines is 3. The lowest BCUT2D eigenvalue weighted by atomic mass is 9.99. The van der Waals surface area contributed by atoms with Gasteiger partial charge in [-0.25, -0.2) is 19.3 Å². The van der Waals surface area contributed by atoms with E-state index in [4.69, 9.17) is 86.3 Å². The first-order chi connectivity index (χ1) is 61.2. The zero-order valence-corrected chi connectivity index (χ0v) is 71.9. The number of likely N-dealkylation sites (tertiary alicyclic amines) is 2. The van der Waals surface area contributed by atoms with Gasteiger partial charge in [-0.2, -0.15) is 45.2 Å². The Morgan fingerprint density at radius 3 is 1.48 bits per heavy atom. The number of aromatic nitrogens is 15. The van der Waals surface area contributed by atoms with Crippen LogP contribution in [0.25, 0.3) is 65.4 Å². The number of halogens is 3. The van der Waals surface area contributed by atoms with Crippen LogP contribution in [-0.2, 0) is 32.1 Å². The van der Waals surface area contributed by atoms with Gasteiger partial charge in [0.2, 0.25) is 35.4 Å².